The molecule has 1 heterocycles. The molecule has 2 saturated carbocycles. The maximum Gasteiger partial charge on any atom is 0.226 e. The van der Waals surface area contributed by atoms with Crippen LogP contribution in [-0.2, 0) is 9.53 Å². The van der Waals surface area contributed by atoms with E-state index in [-0.39, 0.29) is 23.7 Å². The Labute approximate surface area is 136 Å². The molecule has 1 saturated heterocycles. The standard InChI is InChI=1S/C19H23NO3/c21-17(13-5-2-1-3-6-13)11-14-12-23-10-9-20(14)19(22)18-15-7-4-8-16(15)18/h1-3,5-6,14-16,18H,4,7-12H2. The van der Waals surface area contributed by atoms with Gasteiger partial charge in [-0.2, -0.15) is 0 Å². The number of morpholine rings is 1. The second-order valence-electron chi connectivity index (χ2n) is 7.04. The molecule has 1 amide bonds. The Morgan fingerprint density at radius 2 is 1.87 bits per heavy atom. The Hall–Kier alpha value is -1.68. The highest BCUT2D eigenvalue weighted by Gasteiger charge is 2.58. The first-order valence-electron chi connectivity index (χ1n) is 8.72. The van der Waals surface area contributed by atoms with Crippen LogP contribution in [0.1, 0.15) is 36.0 Å². The van der Waals surface area contributed by atoms with E-state index in [0.29, 0.717) is 43.6 Å². The molecule has 4 rings (SSSR count). The van der Waals surface area contributed by atoms with Gasteiger partial charge in [0.2, 0.25) is 5.91 Å². The molecule has 3 unspecified atom stereocenters. The quantitative estimate of drug-likeness (QED) is 0.803. The van der Waals surface area contributed by atoms with Crippen molar-refractivity contribution in [3.63, 3.8) is 0 Å². The van der Waals surface area contributed by atoms with Crippen molar-refractivity contribution in [1.29, 1.82) is 0 Å². The van der Waals surface area contributed by atoms with Gasteiger partial charge in [0.05, 0.1) is 19.3 Å². The number of Topliss-reactive ketones (excluding diaryl/α,β-unsaturated/α-hetero) is 1. The fourth-order valence-corrected chi connectivity index (χ4v) is 4.45. The highest BCUT2D eigenvalue weighted by molar-refractivity contribution is 5.96. The van der Waals surface area contributed by atoms with Gasteiger partial charge in [0.25, 0.3) is 0 Å². The number of amides is 1. The van der Waals surface area contributed by atoms with Crippen molar-refractivity contribution in [2.75, 3.05) is 19.8 Å². The molecule has 3 aliphatic rings. The monoisotopic (exact) mass is 313 g/mol. The summed E-state index contributed by atoms with van der Waals surface area (Å²) >= 11 is 0. The van der Waals surface area contributed by atoms with Crippen molar-refractivity contribution in [3.8, 4) is 0 Å². The number of benzene rings is 1. The highest BCUT2D eigenvalue weighted by atomic mass is 16.5. The van der Waals surface area contributed by atoms with Crippen LogP contribution in [0.15, 0.2) is 30.3 Å². The Bertz CT molecular complexity index is 590. The van der Waals surface area contributed by atoms with Crippen LogP contribution >= 0.6 is 0 Å². The number of fused-ring (bicyclic) bond motifs is 1. The zero-order valence-electron chi connectivity index (χ0n) is 13.3. The third kappa shape index (κ3) is 2.80. The lowest BCUT2D eigenvalue weighted by atomic mass is 10.0. The van der Waals surface area contributed by atoms with Crippen LogP contribution in [0.25, 0.3) is 0 Å². The van der Waals surface area contributed by atoms with Crippen LogP contribution in [0, 0.1) is 17.8 Å². The topological polar surface area (TPSA) is 46.6 Å². The highest BCUT2D eigenvalue weighted by Crippen LogP contribution is 2.58. The third-order valence-corrected chi connectivity index (χ3v) is 5.72. The number of hydrogen-bond acceptors (Lipinski definition) is 3. The van der Waals surface area contributed by atoms with Gasteiger partial charge in [-0.25, -0.2) is 0 Å². The normalized spacial score (nSPS) is 32.4. The summed E-state index contributed by atoms with van der Waals surface area (Å²) in [5.41, 5.74) is 0.716. The van der Waals surface area contributed by atoms with Gasteiger partial charge in [0.15, 0.2) is 5.78 Å². The number of hydrogen-bond donors (Lipinski definition) is 0. The molecule has 3 atom stereocenters. The summed E-state index contributed by atoms with van der Waals surface area (Å²) in [5, 5.41) is 0. The van der Waals surface area contributed by atoms with E-state index in [1.54, 1.807) is 0 Å². The van der Waals surface area contributed by atoms with Crippen LogP contribution in [0.2, 0.25) is 0 Å². The minimum Gasteiger partial charge on any atom is -0.377 e. The number of carbonyl (C=O) groups is 2. The maximum atomic E-state index is 12.9. The van der Waals surface area contributed by atoms with Crippen LogP contribution in [0.5, 0.6) is 0 Å². The molecule has 122 valence electrons. The predicted molar refractivity (Wildman–Crippen MR) is 86.0 cm³/mol. The van der Waals surface area contributed by atoms with Gasteiger partial charge < -0.3 is 9.64 Å². The molecular formula is C19H23NO3. The van der Waals surface area contributed by atoms with Gasteiger partial charge in [0, 0.05) is 24.4 Å². The van der Waals surface area contributed by atoms with E-state index in [0.717, 1.165) is 0 Å². The molecular weight excluding hydrogens is 290 g/mol. The summed E-state index contributed by atoms with van der Waals surface area (Å²) < 4.78 is 5.55. The SMILES string of the molecule is O=C(CC1COCCN1C(=O)C1C2CCCC21)c1ccccc1. The second-order valence-corrected chi connectivity index (χ2v) is 7.04. The summed E-state index contributed by atoms with van der Waals surface area (Å²) in [6.07, 6.45) is 4.05. The molecule has 2 aliphatic carbocycles. The molecule has 0 aromatic heterocycles. The number of ketones is 1. The van der Waals surface area contributed by atoms with Crippen molar-refractivity contribution >= 4 is 11.7 Å². The molecule has 0 spiro atoms. The molecule has 1 aliphatic heterocycles. The largest absolute Gasteiger partial charge is 0.377 e. The maximum absolute atomic E-state index is 12.9. The molecule has 4 nitrogen and oxygen atoms in total. The van der Waals surface area contributed by atoms with Crippen LogP contribution in [0.4, 0.5) is 0 Å². The fraction of sp³-hybridized carbons (Fsp3) is 0.579. The zero-order valence-corrected chi connectivity index (χ0v) is 13.3. The first kappa shape index (κ1) is 14.9. The lowest BCUT2D eigenvalue weighted by Crippen LogP contribution is -2.50. The summed E-state index contributed by atoms with van der Waals surface area (Å²) in [7, 11) is 0. The summed E-state index contributed by atoms with van der Waals surface area (Å²) in [6, 6.07) is 9.22. The van der Waals surface area contributed by atoms with Gasteiger partial charge in [0.1, 0.15) is 0 Å². The van der Waals surface area contributed by atoms with Gasteiger partial charge >= 0.3 is 0 Å². The minimum atomic E-state index is -0.106. The Morgan fingerprint density at radius 3 is 2.61 bits per heavy atom. The third-order valence-electron chi connectivity index (χ3n) is 5.72. The lowest BCUT2D eigenvalue weighted by Gasteiger charge is -2.36. The summed E-state index contributed by atoms with van der Waals surface area (Å²) in [4.78, 5) is 27.3. The number of rotatable bonds is 4. The van der Waals surface area contributed by atoms with E-state index < -0.39 is 0 Å². The van der Waals surface area contributed by atoms with Crippen LogP contribution < -0.4 is 0 Å². The van der Waals surface area contributed by atoms with E-state index in [2.05, 4.69) is 0 Å². The van der Waals surface area contributed by atoms with Gasteiger partial charge in [-0.1, -0.05) is 36.8 Å². The molecule has 0 N–H and O–H groups in total. The van der Waals surface area contributed by atoms with Gasteiger partial charge in [-0.05, 0) is 24.7 Å². The van der Waals surface area contributed by atoms with E-state index in [1.165, 1.54) is 19.3 Å². The molecule has 23 heavy (non-hydrogen) atoms. The van der Waals surface area contributed by atoms with E-state index in [9.17, 15) is 9.59 Å². The predicted octanol–water partition coefficient (Wildman–Crippen LogP) is 2.53. The first-order valence-corrected chi connectivity index (χ1v) is 8.72. The smallest absolute Gasteiger partial charge is 0.226 e. The summed E-state index contributed by atoms with van der Waals surface area (Å²) in [5.74, 6) is 1.84. The Morgan fingerprint density at radius 1 is 1.13 bits per heavy atom. The zero-order chi connectivity index (χ0) is 15.8. The van der Waals surface area contributed by atoms with Crippen molar-refractivity contribution in [2.24, 2.45) is 17.8 Å². The average Bonchev–Trinajstić information content (AvgIpc) is 3.07. The average molecular weight is 313 g/mol. The first-order chi connectivity index (χ1) is 11.3. The molecule has 4 heteroatoms. The Kier molecular flexibility index (Phi) is 3.93. The van der Waals surface area contributed by atoms with E-state index in [1.807, 2.05) is 35.2 Å². The number of ether oxygens (including phenoxy) is 1. The second kappa shape index (κ2) is 6.08. The molecule has 3 fully saturated rings. The van der Waals surface area contributed by atoms with Crippen molar-refractivity contribution in [2.45, 2.75) is 31.7 Å². The van der Waals surface area contributed by atoms with Crippen LogP contribution in [0.3, 0.4) is 0 Å². The number of nitrogens with zero attached hydrogens (tertiary/aromatic N) is 1. The molecule has 1 aromatic rings. The lowest BCUT2D eigenvalue weighted by molar-refractivity contribution is -0.142. The molecule has 0 radical (unpaired) electrons. The van der Waals surface area contributed by atoms with E-state index in [4.69, 9.17) is 4.74 Å². The van der Waals surface area contributed by atoms with Gasteiger partial charge in [-0.3, -0.25) is 9.59 Å². The van der Waals surface area contributed by atoms with Gasteiger partial charge in [-0.15, -0.1) is 0 Å². The van der Waals surface area contributed by atoms with E-state index >= 15 is 0 Å². The van der Waals surface area contributed by atoms with Crippen molar-refractivity contribution in [3.05, 3.63) is 35.9 Å². The van der Waals surface area contributed by atoms with Crippen molar-refractivity contribution < 1.29 is 14.3 Å². The van der Waals surface area contributed by atoms with Crippen LogP contribution in [-0.4, -0.2) is 42.4 Å². The molecule has 0 bridgehead atoms. The fourth-order valence-electron chi connectivity index (χ4n) is 4.45. The minimum absolute atomic E-state index is 0.0925. The molecule has 1 aromatic carbocycles. The summed E-state index contributed by atoms with van der Waals surface area (Å²) in [6.45, 7) is 1.69. The number of carbonyl (C=O) groups excluding carboxylic acids is 2. The Balaban J connectivity index is 1.43. The van der Waals surface area contributed by atoms with Crippen molar-refractivity contribution in [1.82, 2.24) is 4.90 Å².